The van der Waals surface area contributed by atoms with Crippen LogP contribution in [0, 0.1) is 6.33 Å². The first-order chi connectivity index (χ1) is 4.97. The van der Waals surface area contributed by atoms with Crippen LogP contribution in [0.5, 0.6) is 0 Å². The SMILES string of the molecule is [c-]1ncc2ccccc2n1. The summed E-state index contributed by atoms with van der Waals surface area (Å²) in [6.07, 6.45) is 4.29. The molecule has 1 aromatic heterocycles. The van der Waals surface area contributed by atoms with Crippen molar-refractivity contribution in [2.24, 2.45) is 0 Å². The summed E-state index contributed by atoms with van der Waals surface area (Å²) < 4.78 is 0. The molecule has 0 saturated heterocycles. The van der Waals surface area contributed by atoms with Crippen molar-refractivity contribution in [1.82, 2.24) is 9.97 Å². The molecule has 0 atom stereocenters. The van der Waals surface area contributed by atoms with Crippen LogP contribution in [0.3, 0.4) is 0 Å². The Morgan fingerprint density at radius 1 is 1.20 bits per heavy atom. The second-order valence-corrected chi connectivity index (χ2v) is 2.03. The third-order valence-corrected chi connectivity index (χ3v) is 1.37. The standard InChI is InChI=1S/C8H5N2/c1-2-4-8-7(3-1)5-9-6-10-8/h1-5H/q-1. The first kappa shape index (κ1) is 5.35. The van der Waals surface area contributed by atoms with Crippen molar-refractivity contribution in [2.45, 2.75) is 0 Å². The second kappa shape index (κ2) is 2.06. The summed E-state index contributed by atoms with van der Waals surface area (Å²) in [5.74, 6) is 0. The lowest BCUT2D eigenvalue weighted by atomic mass is 10.2. The van der Waals surface area contributed by atoms with E-state index in [2.05, 4.69) is 16.3 Å². The maximum atomic E-state index is 3.95. The molecule has 1 heterocycles. The van der Waals surface area contributed by atoms with Gasteiger partial charge in [0.25, 0.3) is 0 Å². The second-order valence-electron chi connectivity index (χ2n) is 2.03. The predicted molar refractivity (Wildman–Crippen MR) is 38.4 cm³/mol. The third-order valence-electron chi connectivity index (χ3n) is 1.37. The van der Waals surface area contributed by atoms with Crippen LogP contribution in [0.4, 0.5) is 0 Å². The number of benzene rings is 1. The van der Waals surface area contributed by atoms with Gasteiger partial charge in [-0.3, -0.25) is 0 Å². The molecule has 0 aliphatic rings. The molecule has 0 amide bonds. The lowest BCUT2D eigenvalue weighted by molar-refractivity contribution is 1.20. The quantitative estimate of drug-likeness (QED) is 0.503. The number of fused-ring (bicyclic) bond motifs is 1. The maximum Gasteiger partial charge on any atom is 0.0219 e. The lowest BCUT2D eigenvalue weighted by Crippen LogP contribution is -1.78. The molecule has 2 aromatic rings. The van der Waals surface area contributed by atoms with Crippen LogP contribution in [0.25, 0.3) is 10.9 Å². The minimum absolute atomic E-state index is 0.942. The number of hydrogen-bond acceptors (Lipinski definition) is 2. The van der Waals surface area contributed by atoms with E-state index in [1.54, 1.807) is 6.20 Å². The zero-order valence-corrected chi connectivity index (χ0v) is 5.28. The normalized spacial score (nSPS) is 10.0. The minimum atomic E-state index is 0.942. The van der Waals surface area contributed by atoms with Gasteiger partial charge < -0.3 is 9.97 Å². The zero-order chi connectivity index (χ0) is 6.81. The molecule has 0 fully saturated rings. The van der Waals surface area contributed by atoms with Gasteiger partial charge in [-0.2, -0.15) is 0 Å². The average Bonchev–Trinajstić information content (AvgIpc) is 2.05. The van der Waals surface area contributed by atoms with Crippen LogP contribution in [0.15, 0.2) is 30.5 Å². The Labute approximate surface area is 58.6 Å². The molecule has 2 heteroatoms. The minimum Gasteiger partial charge on any atom is -0.374 e. The van der Waals surface area contributed by atoms with Gasteiger partial charge in [0, 0.05) is 6.33 Å². The highest BCUT2D eigenvalue weighted by Gasteiger charge is 1.78. The van der Waals surface area contributed by atoms with E-state index >= 15 is 0 Å². The van der Waals surface area contributed by atoms with Crippen molar-refractivity contribution in [3.05, 3.63) is 36.8 Å². The highest BCUT2D eigenvalue weighted by Crippen LogP contribution is 2.06. The van der Waals surface area contributed by atoms with Crippen molar-refractivity contribution in [3.63, 3.8) is 0 Å². The number of nitrogens with zero attached hydrogens (tertiary/aromatic N) is 2. The number of aromatic nitrogens is 2. The summed E-state index contributed by atoms with van der Waals surface area (Å²) in [4.78, 5) is 7.72. The fraction of sp³-hybridized carbons (Fsp3) is 0. The molecule has 0 radical (unpaired) electrons. The molecule has 48 valence electrons. The number of rotatable bonds is 0. The zero-order valence-electron chi connectivity index (χ0n) is 5.28. The molecular formula is C8H5N2-. The lowest BCUT2D eigenvalue weighted by Gasteiger charge is -2.00. The summed E-state index contributed by atoms with van der Waals surface area (Å²) in [5, 5.41) is 1.06. The Morgan fingerprint density at radius 2 is 2.10 bits per heavy atom. The van der Waals surface area contributed by atoms with Gasteiger partial charge in [0.15, 0.2) is 0 Å². The van der Waals surface area contributed by atoms with E-state index in [9.17, 15) is 0 Å². The van der Waals surface area contributed by atoms with E-state index in [1.807, 2.05) is 24.3 Å². The monoisotopic (exact) mass is 129 g/mol. The first-order valence-corrected chi connectivity index (χ1v) is 3.05. The van der Waals surface area contributed by atoms with E-state index in [0.717, 1.165) is 10.9 Å². The Balaban J connectivity index is 2.89. The summed E-state index contributed by atoms with van der Waals surface area (Å²) in [5.41, 5.74) is 0.942. The van der Waals surface area contributed by atoms with Crippen molar-refractivity contribution < 1.29 is 0 Å². The van der Waals surface area contributed by atoms with Gasteiger partial charge in [-0.25, -0.2) is 0 Å². The Morgan fingerprint density at radius 3 is 3.00 bits per heavy atom. The number of para-hydroxylation sites is 1. The topological polar surface area (TPSA) is 25.8 Å². The van der Waals surface area contributed by atoms with Gasteiger partial charge in [-0.1, -0.05) is 35.8 Å². The first-order valence-electron chi connectivity index (χ1n) is 3.05. The molecule has 0 aliphatic carbocycles. The van der Waals surface area contributed by atoms with E-state index < -0.39 is 0 Å². The van der Waals surface area contributed by atoms with Gasteiger partial charge >= 0.3 is 0 Å². The Hall–Kier alpha value is -1.44. The van der Waals surface area contributed by atoms with Crippen molar-refractivity contribution in [3.8, 4) is 0 Å². The molecule has 0 aliphatic heterocycles. The molecule has 0 spiro atoms. The van der Waals surface area contributed by atoms with Gasteiger partial charge in [-0.05, 0) is 5.52 Å². The van der Waals surface area contributed by atoms with Crippen LogP contribution < -0.4 is 0 Å². The molecule has 0 N–H and O–H groups in total. The smallest absolute Gasteiger partial charge is 0.0219 e. The van der Waals surface area contributed by atoms with Crippen LogP contribution in [-0.4, -0.2) is 9.97 Å². The molecule has 0 saturated carbocycles. The fourth-order valence-electron chi connectivity index (χ4n) is 0.880. The molecule has 0 bridgehead atoms. The molecule has 10 heavy (non-hydrogen) atoms. The summed E-state index contributed by atoms with van der Waals surface area (Å²) in [6.45, 7) is 0. The van der Waals surface area contributed by atoms with Crippen molar-refractivity contribution in [2.75, 3.05) is 0 Å². The molecule has 0 unspecified atom stereocenters. The third kappa shape index (κ3) is 0.739. The fourth-order valence-corrected chi connectivity index (χ4v) is 0.880. The molecule has 1 aromatic carbocycles. The summed E-state index contributed by atoms with van der Waals surface area (Å²) >= 11 is 0. The van der Waals surface area contributed by atoms with Gasteiger partial charge in [-0.15, -0.1) is 0 Å². The summed E-state index contributed by atoms with van der Waals surface area (Å²) in [6, 6.07) is 7.82. The maximum absolute atomic E-state index is 3.95. The Bertz CT molecular complexity index is 278. The molecule has 2 rings (SSSR count). The van der Waals surface area contributed by atoms with Gasteiger partial charge in [0.05, 0.1) is 0 Å². The van der Waals surface area contributed by atoms with Gasteiger partial charge in [0.2, 0.25) is 0 Å². The highest BCUT2D eigenvalue weighted by molar-refractivity contribution is 5.76. The molecular weight excluding hydrogens is 124 g/mol. The van der Waals surface area contributed by atoms with Crippen molar-refractivity contribution in [1.29, 1.82) is 0 Å². The highest BCUT2D eigenvalue weighted by atomic mass is 14.8. The summed E-state index contributed by atoms with van der Waals surface area (Å²) in [7, 11) is 0. The Kier molecular flexibility index (Phi) is 1.10. The van der Waals surface area contributed by atoms with Crippen LogP contribution >= 0.6 is 0 Å². The van der Waals surface area contributed by atoms with Crippen molar-refractivity contribution >= 4 is 10.9 Å². The van der Waals surface area contributed by atoms with E-state index in [1.165, 1.54) is 0 Å². The van der Waals surface area contributed by atoms with E-state index in [0.29, 0.717) is 0 Å². The average molecular weight is 129 g/mol. The predicted octanol–water partition coefficient (Wildman–Crippen LogP) is 1.43. The van der Waals surface area contributed by atoms with Gasteiger partial charge in [0.1, 0.15) is 0 Å². The van der Waals surface area contributed by atoms with Crippen LogP contribution in [0.2, 0.25) is 0 Å². The van der Waals surface area contributed by atoms with E-state index in [-0.39, 0.29) is 0 Å². The van der Waals surface area contributed by atoms with Crippen LogP contribution in [-0.2, 0) is 0 Å². The largest absolute Gasteiger partial charge is 0.374 e. The van der Waals surface area contributed by atoms with Crippen LogP contribution in [0.1, 0.15) is 0 Å². The van der Waals surface area contributed by atoms with E-state index in [4.69, 9.17) is 0 Å². The molecule has 2 nitrogen and oxygen atoms in total. The number of hydrogen-bond donors (Lipinski definition) is 0.